The first-order valence-corrected chi connectivity index (χ1v) is 8.00. The standard InChI is InChI=1S/C13H18F3N7S.HI/c1-8-21-22-10(23(8)3)6-19-12(17-2)18-5-4-11-20-9(7-24-11)13(14,15)16;/h7H,4-6H2,1-3H3,(H2,17,18,19);1H. The first-order valence-electron chi connectivity index (χ1n) is 7.12. The number of aromatic nitrogens is 4. The molecule has 0 aliphatic heterocycles. The van der Waals surface area contributed by atoms with Crippen LogP contribution < -0.4 is 10.6 Å². The Labute approximate surface area is 164 Å². The van der Waals surface area contributed by atoms with Crippen molar-refractivity contribution in [2.75, 3.05) is 13.6 Å². The lowest BCUT2D eigenvalue weighted by Crippen LogP contribution is -2.38. The van der Waals surface area contributed by atoms with Gasteiger partial charge in [-0.25, -0.2) is 4.98 Å². The zero-order valence-corrected chi connectivity index (χ0v) is 17.0. The second-order valence-corrected chi connectivity index (χ2v) is 5.89. The first kappa shape index (κ1) is 21.6. The molecule has 0 saturated carbocycles. The van der Waals surface area contributed by atoms with Crippen molar-refractivity contribution in [1.29, 1.82) is 0 Å². The van der Waals surface area contributed by atoms with E-state index in [0.717, 1.165) is 28.4 Å². The molecule has 0 aliphatic rings. The first-order chi connectivity index (χ1) is 11.3. The van der Waals surface area contributed by atoms with Crippen molar-refractivity contribution in [2.45, 2.75) is 26.1 Å². The lowest BCUT2D eigenvalue weighted by Gasteiger charge is -2.11. The van der Waals surface area contributed by atoms with E-state index in [1.807, 2.05) is 18.5 Å². The monoisotopic (exact) mass is 489 g/mol. The number of aryl methyl sites for hydroxylation is 1. The molecule has 25 heavy (non-hydrogen) atoms. The van der Waals surface area contributed by atoms with Gasteiger partial charge in [0.25, 0.3) is 0 Å². The van der Waals surface area contributed by atoms with Gasteiger partial charge in [-0.1, -0.05) is 0 Å². The van der Waals surface area contributed by atoms with E-state index in [4.69, 9.17) is 0 Å². The minimum Gasteiger partial charge on any atom is -0.356 e. The summed E-state index contributed by atoms with van der Waals surface area (Å²) in [5.74, 6) is 2.09. The largest absolute Gasteiger partial charge is 0.434 e. The van der Waals surface area contributed by atoms with Crippen LogP contribution in [0.4, 0.5) is 13.2 Å². The lowest BCUT2D eigenvalue weighted by molar-refractivity contribution is -0.140. The molecule has 0 fully saturated rings. The van der Waals surface area contributed by atoms with E-state index in [1.54, 1.807) is 7.05 Å². The molecule has 12 heteroatoms. The van der Waals surface area contributed by atoms with Crippen LogP contribution in [0.2, 0.25) is 0 Å². The number of hydrogen-bond donors (Lipinski definition) is 2. The molecule has 140 valence electrons. The summed E-state index contributed by atoms with van der Waals surface area (Å²) in [6.07, 6.45) is -4.02. The summed E-state index contributed by atoms with van der Waals surface area (Å²) in [4.78, 5) is 7.64. The molecule has 2 rings (SSSR count). The van der Waals surface area contributed by atoms with Crippen molar-refractivity contribution in [3.63, 3.8) is 0 Å². The van der Waals surface area contributed by atoms with Gasteiger partial charge in [0, 0.05) is 32.4 Å². The third-order valence-corrected chi connectivity index (χ3v) is 4.20. The number of rotatable bonds is 5. The number of alkyl halides is 3. The van der Waals surface area contributed by atoms with Crippen molar-refractivity contribution in [1.82, 2.24) is 30.4 Å². The van der Waals surface area contributed by atoms with Gasteiger partial charge >= 0.3 is 6.18 Å². The Balaban J connectivity index is 0.00000312. The average molecular weight is 489 g/mol. The quantitative estimate of drug-likeness (QED) is 0.382. The van der Waals surface area contributed by atoms with Gasteiger partial charge in [-0.15, -0.1) is 45.5 Å². The van der Waals surface area contributed by atoms with E-state index < -0.39 is 11.9 Å². The van der Waals surface area contributed by atoms with Gasteiger partial charge in [0.2, 0.25) is 0 Å². The van der Waals surface area contributed by atoms with Crippen LogP contribution in [0.1, 0.15) is 22.4 Å². The van der Waals surface area contributed by atoms with E-state index in [-0.39, 0.29) is 24.0 Å². The SMILES string of the molecule is CN=C(NCCc1nc(C(F)(F)F)cs1)NCc1nnc(C)n1C.I. The molecule has 7 nitrogen and oxygen atoms in total. The third-order valence-electron chi connectivity index (χ3n) is 3.29. The number of thiazole rings is 1. The van der Waals surface area contributed by atoms with E-state index in [1.165, 1.54) is 0 Å². The molecule has 0 aliphatic carbocycles. The summed E-state index contributed by atoms with van der Waals surface area (Å²) >= 11 is 0.998. The summed E-state index contributed by atoms with van der Waals surface area (Å²) in [6.45, 7) is 2.71. The molecular formula is C13H19F3IN7S. The second-order valence-electron chi connectivity index (χ2n) is 4.95. The van der Waals surface area contributed by atoms with Crippen LogP contribution in [-0.4, -0.2) is 39.3 Å². The van der Waals surface area contributed by atoms with Crippen LogP contribution in [0.25, 0.3) is 0 Å². The minimum atomic E-state index is -4.39. The van der Waals surface area contributed by atoms with Crippen LogP contribution >= 0.6 is 35.3 Å². The van der Waals surface area contributed by atoms with Gasteiger partial charge in [0.1, 0.15) is 5.82 Å². The van der Waals surface area contributed by atoms with Gasteiger partial charge in [-0.3, -0.25) is 4.99 Å². The highest BCUT2D eigenvalue weighted by atomic mass is 127. The van der Waals surface area contributed by atoms with E-state index in [2.05, 4.69) is 30.8 Å². The molecule has 0 radical (unpaired) electrons. The number of hydrogen-bond acceptors (Lipinski definition) is 5. The highest BCUT2D eigenvalue weighted by Crippen LogP contribution is 2.29. The van der Waals surface area contributed by atoms with Crippen LogP contribution in [-0.2, 0) is 26.2 Å². The molecule has 2 aromatic heterocycles. The van der Waals surface area contributed by atoms with Gasteiger partial charge in [0.05, 0.1) is 11.6 Å². The third kappa shape index (κ3) is 6.09. The fraction of sp³-hybridized carbons (Fsp3) is 0.538. The molecular weight excluding hydrogens is 470 g/mol. The molecule has 0 unspecified atom stereocenters. The normalized spacial score (nSPS) is 12.0. The Morgan fingerprint density at radius 2 is 2.04 bits per heavy atom. The summed E-state index contributed by atoms with van der Waals surface area (Å²) < 4.78 is 39.3. The fourth-order valence-corrected chi connectivity index (χ4v) is 2.64. The van der Waals surface area contributed by atoms with Crippen molar-refractivity contribution >= 4 is 41.3 Å². The van der Waals surface area contributed by atoms with Crippen molar-refractivity contribution in [3.8, 4) is 0 Å². The van der Waals surface area contributed by atoms with E-state index >= 15 is 0 Å². The Bertz CT molecular complexity index is 711. The molecule has 0 aromatic carbocycles. The molecule has 2 N–H and O–H groups in total. The molecule has 0 saturated heterocycles. The van der Waals surface area contributed by atoms with E-state index in [9.17, 15) is 13.2 Å². The van der Waals surface area contributed by atoms with Crippen LogP contribution in [0.3, 0.4) is 0 Å². The van der Waals surface area contributed by atoms with Gasteiger partial charge in [-0.05, 0) is 6.92 Å². The molecule has 0 amide bonds. The van der Waals surface area contributed by atoms with Crippen LogP contribution in [0, 0.1) is 6.92 Å². The smallest absolute Gasteiger partial charge is 0.356 e. The van der Waals surface area contributed by atoms with Crippen LogP contribution in [0.15, 0.2) is 10.4 Å². The summed E-state index contributed by atoms with van der Waals surface area (Å²) in [5.41, 5.74) is -0.845. The van der Waals surface area contributed by atoms with Crippen LogP contribution in [0.5, 0.6) is 0 Å². The molecule has 0 atom stereocenters. The topological polar surface area (TPSA) is 80.0 Å². The summed E-state index contributed by atoms with van der Waals surface area (Å²) in [7, 11) is 3.48. The Morgan fingerprint density at radius 1 is 1.32 bits per heavy atom. The minimum absolute atomic E-state index is 0. The Hall–Kier alpha value is -1.44. The highest BCUT2D eigenvalue weighted by Gasteiger charge is 2.33. The molecule has 2 aromatic rings. The number of nitrogens with zero attached hydrogens (tertiary/aromatic N) is 5. The van der Waals surface area contributed by atoms with Gasteiger partial charge < -0.3 is 15.2 Å². The number of nitrogens with one attached hydrogen (secondary N) is 2. The maximum atomic E-state index is 12.5. The Morgan fingerprint density at radius 3 is 2.56 bits per heavy atom. The second kappa shape index (κ2) is 9.31. The lowest BCUT2D eigenvalue weighted by atomic mass is 10.4. The number of halogens is 4. The number of aliphatic imine (C=N–C) groups is 1. The molecule has 0 bridgehead atoms. The fourth-order valence-electron chi connectivity index (χ4n) is 1.83. The predicted octanol–water partition coefficient (Wildman–Crippen LogP) is 2.12. The number of guanidine groups is 1. The zero-order chi connectivity index (χ0) is 17.7. The molecule has 2 heterocycles. The predicted molar refractivity (Wildman–Crippen MR) is 100 cm³/mol. The molecule has 0 spiro atoms. The van der Waals surface area contributed by atoms with Gasteiger partial charge in [0.15, 0.2) is 17.5 Å². The summed E-state index contributed by atoms with van der Waals surface area (Å²) in [6, 6.07) is 0. The summed E-state index contributed by atoms with van der Waals surface area (Å²) in [5, 5.41) is 15.5. The maximum absolute atomic E-state index is 12.5. The maximum Gasteiger partial charge on any atom is 0.434 e. The van der Waals surface area contributed by atoms with Gasteiger partial charge in [-0.2, -0.15) is 13.2 Å². The van der Waals surface area contributed by atoms with Crippen molar-refractivity contribution < 1.29 is 13.2 Å². The van der Waals surface area contributed by atoms with E-state index in [0.29, 0.717) is 30.5 Å². The zero-order valence-electron chi connectivity index (χ0n) is 13.9. The average Bonchev–Trinajstić information content (AvgIpc) is 3.12. The Kier molecular flexibility index (Phi) is 8.05. The van der Waals surface area contributed by atoms with Crippen molar-refractivity contribution in [3.05, 3.63) is 27.7 Å². The van der Waals surface area contributed by atoms with Crippen molar-refractivity contribution in [2.24, 2.45) is 12.0 Å². The highest BCUT2D eigenvalue weighted by molar-refractivity contribution is 14.0.